The first kappa shape index (κ1) is 11.8. The summed E-state index contributed by atoms with van der Waals surface area (Å²) in [6.45, 7) is 3.10. The Morgan fingerprint density at radius 1 is 1.00 bits per heavy atom. The van der Waals surface area contributed by atoms with Crippen molar-refractivity contribution in [1.29, 1.82) is 0 Å². The molecule has 98 valence electrons. The molecule has 1 aliphatic rings. The van der Waals surface area contributed by atoms with Gasteiger partial charge in [-0.25, -0.2) is 4.98 Å². The predicted molar refractivity (Wildman–Crippen MR) is 85.0 cm³/mol. The predicted octanol–water partition coefficient (Wildman–Crippen LogP) is 4.86. The summed E-state index contributed by atoms with van der Waals surface area (Å²) in [6.07, 6.45) is 0. The molecule has 0 N–H and O–H groups in total. The van der Waals surface area contributed by atoms with Crippen LogP contribution in [0.5, 0.6) is 0 Å². The number of aromatic nitrogens is 1. The molecular formula is C17H14N2S. The van der Waals surface area contributed by atoms with Gasteiger partial charge in [0.15, 0.2) is 0 Å². The van der Waals surface area contributed by atoms with E-state index in [4.69, 9.17) is 4.98 Å². The van der Waals surface area contributed by atoms with Crippen molar-refractivity contribution in [2.24, 2.45) is 0 Å². The van der Waals surface area contributed by atoms with Crippen molar-refractivity contribution < 1.29 is 0 Å². The third-order valence-corrected chi connectivity index (χ3v) is 4.70. The highest BCUT2D eigenvalue weighted by molar-refractivity contribution is 7.99. The van der Waals surface area contributed by atoms with Crippen LogP contribution >= 0.6 is 11.8 Å². The monoisotopic (exact) mass is 278 g/mol. The van der Waals surface area contributed by atoms with Gasteiger partial charge in [-0.1, -0.05) is 42.1 Å². The number of hydrogen-bond acceptors (Lipinski definition) is 3. The van der Waals surface area contributed by atoms with Crippen molar-refractivity contribution in [3.05, 3.63) is 54.6 Å². The Morgan fingerprint density at radius 3 is 2.70 bits per heavy atom. The summed E-state index contributed by atoms with van der Waals surface area (Å²) < 4.78 is 0. The maximum absolute atomic E-state index is 4.87. The molecule has 0 fully saturated rings. The first-order chi connectivity index (χ1) is 9.86. The summed E-state index contributed by atoms with van der Waals surface area (Å²) in [4.78, 5) is 9.72. The average molecular weight is 278 g/mol. The molecule has 3 aromatic rings. The SMILES string of the molecule is CCN1c2ccccc2Sc2cc3ccccc3nc21. The fraction of sp³-hybridized carbons (Fsp3) is 0.118. The van der Waals surface area contributed by atoms with Gasteiger partial charge in [0, 0.05) is 16.8 Å². The van der Waals surface area contributed by atoms with Gasteiger partial charge >= 0.3 is 0 Å². The highest BCUT2D eigenvalue weighted by Crippen LogP contribution is 2.47. The summed E-state index contributed by atoms with van der Waals surface area (Å²) in [5.74, 6) is 1.08. The van der Waals surface area contributed by atoms with E-state index in [1.54, 1.807) is 0 Å². The van der Waals surface area contributed by atoms with Gasteiger partial charge in [0.2, 0.25) is 0 Å². The van der Waals surface area contributed by atoms with Crippen molar-refractivity contribution in [1.82, 2.24) is 4.98 Å². The highest BCUT2D eigenvalue weighted by atomic mass is 32.2. The van der Waals surface area contributed by atoms with E-state index >= 15 is 0 Å². The van der Waals surface area contributed by atoms with Crippen molar-refractivity contribution in [2.45, 2.75) is 16.7 Å². The second kappa shape index (κ2) is 4.53. The van der Waals surface area contributed by atoms with Gasteiger partial charge in [0.25, 0.3) is 0 Å². The van der Waals surface area contributed by atoms with Crippen LogP contribution in [0, 0.1) is 0 Å². The van der Waals surface area contributed by atoms with Crippen LogP contribution in [-0.2, 0) is 0 Å². The molecule has 0 saturated heterocycles. The summed E-state index contributed by atoms with van der Waals surface area (Å²) in [5.41, 5.74) is 2.32. The van der Waals surface area contributed by atoms with E-state index in [9.17, 15) is 0 Å². The maximum Gasteiger partial charge on any atom is 0.147 e. The fourth-order valence-electron chi connectivity index (χ4n) is 2.67. The third-order valence-electron chi connectivity index (χ3n) is 3.62. The van der Waals surface area contributed by atoms with Crippen LogP contribution in [0.15, 0.2) is 64.4 Å². The first-order valence-corrected chi connectivity index (χ1v) is 7.62. The molecule has 0 spiro atoms. The molecule has 0 saturated carbocycles. The fourth-order valence-corrected chi connectivity index (χ4v) is 3.77. The van der Waals surface area contributed by atoms with Crippen molar-refractivity contribution >= 4 is 34.2 Å². The van der Waals surface area contributed by atoms with Crippen LogP contribution in [0.4, 0.5) is 11.5 Å². The van der Waals surface area contributed by atoms with E-state index in [0.717, 1.165) is 17.9 Å². The molecular weight excluding hydrogens is 264 g/mol. The summed E-state index contributed by atoms with van der Waals surface area (Å²) in [7, 11) is 0. The normalized spacial score (nSPS) is 13.2. The zero-order chi connectivity index (χ0) is 13.5. The first-order valence-electron chi connectivity index (χ1n) is 6.81. The molecule has 1 aliphatic heterocycles. The number of nitrogens with zero attached hydrogens (tertiary/aromatic N) is 2. The van der Waals surface area contributed by atoms with Gasteiger partial charge in [-0.2, -0.15) is 0 Å². The number of pyridine rings is 1. The molecule has 0 radical (unpaired) electrons. The molecule has 2 heterocycles. The van der Waals surface area contributed by atoms with Crippen LogP contribution in [0.2, 0.25) is 0 Å². The van der Waals surface area contributed by atoms with Gasteiger partial charge in [0.1, 0.15) is 5.82 Å². The third kappa shape index (κ3) is 1.70. The van der Waals surface area contributed by atoms with Crippen LogP contribution in [-0.4, -0.2) is 11.5 Å². The van der Waals surface area contributed by atoms with E-state index in [1.807, 2.05) is 17.8 Å². The molecule has 0 amide bonds. The minimum atomic E-state index is 0.927. The molecule has 3 heteroatoms. The Bertz CT molecular complexity index is 798. The summed E-state index contributed by atoms with van der Waals surface area (Å²) in [6, 6.07) is 19.1. The Kier molecular flexibility index (Phi) is 2.67. The number of fused-ring (bicyclic) bond motifs is 3. The minimum absolute atomic E-state index is 0.927. The van der Waals surface area contributed by atoms with Crippen molar-refractivity contribution in [3.63, 3.8) is 0 Å². The van der Waals surface area contributed by atoms with Gasteiger partial charge < -0.3 is 4.90 Å². The lowest BCUT2D eigenvalue weighted by atomic mass is 10.2. The van der Waals surface area contributed by atoms with Crippen molar-refractivity contribution in [2.75, 3.05) is 11.4 Å². The number of hydrogen-bond donors (Lipinski definition) is 0. The van der Waals surface area contributed by atoms with Crippen LogP contribution in [0.25, 0.3) is 10.9 Å². The lowest BCUT2D eigenvalue weighted by Gasteiger charge is -2.30. The topological polar surface area (TPSA) is 16.1 Å². The van der Waals surface area contributed by atoms with Crippen molar-refractivity contribution in [3.8, 4) is 0 Å². The number of benzene rings is 2. The summed E-state index contributed by atoms with van der Waals surface area (Å²) >= 11 is 1.81. The van der Waals surface area contributed by atoms with Crippen LogP contribution in [0.1, 0.15) is 6.92 Å². The van der Waals surface area contributed by atoms with Gasteiger partial charge in [-0.3, -0.25) is 0 Å². The smallest absolute Gasteiger partial charge is 0.147 e. The molecule has 1 aromatic heterocycles. The Hall–Kier alpha value is -2.00. The van der Waals surface area contributed by atoms with E-state index in [0.29, 0.717) is 0 Å². The highest BCUT2D eigenvalue weighted by Gasteiger charge is 2.23. The molecule has 0 unspecified atom stereocenters. The zero-order valence-corrected chi connectivity index (χ0v) is 12.0. The summed E-state index contributed by atoms with van der Waals surface area (Å²) in [5, 5.41) is 1.20. The molecule has 0 aliphatic carbocycles. The lowest BCUT2D eigenvalue weighted by Crippen LogP contribution is -2.21. The largest absolute Gasteiger partial charge is 0.325 e. The van der Waals surface area contributed by atoms with E-state index < -0.39 is 0 Å². The number of para-hydroxylation sites is 2. The molecule has 0 bridgehead atoms. The molecule has 20 heavy (non-hydrogen) atoms. The van der Waals surface area contributed by atoms with Gasteiger partial charge in [0.05, 0.1) is 16.1 Å². The molecule has 2 nitrogen and oxygen atoms in total. The Morgan fingerprint density at radius 2 is 1.80 bits per heavy atom. The molecule has 4 rings (SSSR count). The average Bonchev–Trinajstić information content (AvgIpc) is 2.50. The Labute approximate surface area is 122 Å². The second-order valence-corrected chi connectivity index (χ2v) is 5.90. The second-order valence-electron chi connectivity index (χ2n) is 4.82. The van der Waals surface area contributed by atoms with E-state index in [1.165, 1.54) is 20.9 Å². The maximum atomic E-state index is 4.87. The quantitative estimate of drug-likeness (QED) is 0.632. The molecule has 2 aromatic carbocycles. The molecule has 0 atom stereocenters. The van der Waals surface area contributed by atoms with Gasteiger partial charge in [-0.05, 0) is 31.2 Å². The lowest BCUT2D eigenvalue weighted by molar-refractivity contribution is 0.951. The minimum Gasteiger partial charge on any atom is -0.325 e. The number of anilines is 2. The van der Waals surface area contributed by atoms with Crippen LogP contribution < -0.4 is 4.90 Å². The van der Waals surface area contributed by atoms with E-state index in [2.05, 4.69) is 60.4 Å². The standard InChI is InChI=1S/C17H14N2S/c1-2-19-14-9-5-6-10-15(14)20-16-11-12-7-3-4-8-13(12)18-17(16)19/h3-11H,2H2,1H3. The van der Waals surface area contributed by atoms with E-state index in [-0.39, 0.29) is 0 Å². The van der Waals surface area contributed by atoms with Crippen LogP contribution in [0.3, 0.4) is 0 Å². The van der Waals surface area contributed by atoms with Gasteiger partial charge in [-0.15, -0.1) is 0 Å². The Balaban J connectivity index is 1.98. The zero-order valence-electron chi connectivity index (χ0n) is 11.2. The number of rotatable bonds is 1.